The summed E-state index contributed by atoms with van der Waals surface area (Å²) in [6, 6.07) is 5.34. The van der Waals surface area contributed by atoms with Crippen LogP contribution in [0.1, 0.15) is 32.1 Å². The third kappa shape index (κ3) is 2.91. The van der Waals surface area contributed by atoms with Crippen molar-refractivity contribution in [1.29, 1.82) is 0 Å². The Morgan fingerprint density at radius 1 is 1.08 bits per heavy atom. The van der Waals surface area contributed by atoms with E-state index in [1.807, 2.05) is 0 Å². The lowest BCUT2D eigenvalue weighted by Crippen LogP contribution is -2.42. The molecule has 1 aromatic carbocycles. The van der Waals surface area contributed by atoms with Crippen molar-refractivity contribution in [3.05, 3.63) is 29.3 Å². The average molecular weight is 397 g/mol. The molecule has 0 N–H and O–H groups in total. The van der Waals surface area contributed by atoms with E-state index in [2.05, 4.69) is 0 Å². The third-order valence-electron chi connectivity index (χ3n) is 5.85. The molecule has 8 heteroatoms. The number of carbonyl (C=O) groups excluding carboxylic acids is 2. The van der Waals surface area contributed by atoms with Gasteiger partial charge in [0.2, 0.25) is 0 Å². The first-order chi connectivity index (χ1) is 12.4. The number of carbonyl (C=O) groups is 2. The molecule has 1 aliphatic carbocycles. The minimum atomic E-state index is -3.58. The molecular weight excluding hydrogens is 376 g/mol. The molecule has 1 saturated carbocycles. The maximum absolute atomic E-state index is 12.8. The fourth-order valence-corrected chi connectivity index (χ4v) is 5.88. The molecule has 140 valence electrons. The van der Waals surface area contributed by atoms with Gasteiger partial charge >= 0.3 is 6.03 Å². The third-order valence-corrected chi connectivity index (χ3v) is 7.81. The summed E-state index contributed by atoms with van der Waals surface area (Å²) in [6.07, 6.45) is 4.97. The van der Waals surface area contributed by atoms with Crippen LogP contribution in [0.15, 0.2) is 29.2 Å². The van der Waals surface area contributed by atoms with Crippen LogP contribution in [0, 0.1) is 5.92 Å². The Bertz CT molecular complexity index is 839. The summed E-state index contributed by atoms with van der Waals surface area (Å²) < 4.78 is 25.0. The smallest absolute Gasteiger partial charge is 0.309 e. The van der Waals surface area contributed by atoms with E-state index in [9.17, 15) is 18.0 Å². The lowest BCUT2D eigenvalue weighted by Gasteiger charge is -2.30. The van der Waals surface area contributed by atoms with E-state index in [0.29, 0.717) is 10.9 Å². The molecule has 2 aliphatic heterocycles. The van der Waals surface area contributed by atoms with Crippen molar-refractivity contribution in [1.82, 2.24) is 9.80 Å². The van der Waals surface area contributed by atoms with Crippen LogP contribution in [0.4, 0.5) is 4.79 Å². The van der Waals surface area contributed by atoms with E-state index in [0.717, 1.165) is 37.0 Å². The van der Waals surface area contributed by atoms with Crippen LogP contribution in [-0.2, 0) is 14.6 Å². The lowest BCUT2D eigenvalue weighted by atomic mass is 9.84. The number of amides is 3. The van der Waals surface area contributed by atoms with Gasteiger partial charge in [-0.3, -0.25) is 9.69 Å². The Kier molecular flexibility index (Phi) is 4.47. The number of imide groups is 1. The highest BCUT2D eigenvalue weighted by Crippen LogP contribution is 2.43. The first-order valence-electron chi connectivity index (χ1n) is 9.00. The maximum atomic E-state index is 12.8. The van der Waals surface area contributed by atoms with Gasteiger partial charge in [-0.15, -0.1) is 0 Å². The summed E-state index contributed by atoms with van der Waals surface area (Å²) in [5, 5.41) is 0.455. The summed E-state index contributed by atoms with van der Waals surface area (Å²) in [7, 11) is -3.58. The van der Waals surface area contributed by atoms with Crippen molar-refractivity contribution in [2.75, 3.05) is 12.3 Å². The molecule has 4 rings (SSSR count). The van der Waals surface area contributed by atoms with E-state index < -0.39 is 15.9 Å². The van der Waals surface area contributed by atoms with Gasteiger partial charge in [0.15, 0.2) is 9.84 Å². The molecule has 3 amide bonds. The monoisotopic (exact) mass is 396 g/mol. The van der Waals surface area contributed by atoms with Crippen LogP contribution >= 0.6 is 11.6 Å². The average Bonchev–Trinajstić information content (AvgIpc) is 3.10. The number of nitrogens with zero attached hydrogens (tertiary/aromatic N) is 2. The number of sulfone groups is 1. The number of hydrogen-bond donors (Lipinski definition) is 0. The van der Waals surface area contributed by atoms with Crippen molar-refractivity contribution < 1.29 is 18.0 Å². The molecule has 0 spiro atoms. The fraction of sp³-hybridized carbons (Fsp3) is 0.556. The van der Waals surface area contributed by atoms with E-state index in [1.54, 1.807) is 4.90 Å². The molecule has 3 atom stereocenters. The summed E-state index contributed by atoms with van der Waals surface area (Å²) in [6.45, 7) is -0.104. The topological polar surface area (TPSA) is 74.8 Å². The predicted molar refractivity (Wildman–Crippen MR) is 96.6 cm³/mol. The van der Waals surface area contributed by atoms with Gasteiger partial charge in [0.25, 0.3) is 5.91 Å². The van der Waals surface area contributed by atoms with Crippen LogP contribution in [-0.4, -0.2) is 54.5 Å². The Labute approximate surface area is 158 Å². The van der Waals surface area contributed by atoms with Crippen LogP contribution < -0.4 is 0 Å². The second-order valence-electron chi connectivity index (χ2n) is 7.32. The lowest BCUT2D eigenvalue weighted by molar-refractivity contribution is -0.127. The number of fused-ring (bicyclic) bond motifs is 3. The van der Waals surface area contributed by atoms with E-state index >= 15 is 0 Å². The van der Waals surface area contributed by atoms with Crippen molar-refractivity contribution in [2.45, 2.75) is 49.1 Å². The summed E-state index contributed by atoms with van der Waals surface area (Å²) in [5.74, 6) is -0.0990. The highest BCUT2D eigenvalue weighted by atomic mass is 35.5. The maximum Gasteiger partial charge on any atom is 0.327 e. The molecule has 1 aromatic rings. The standard InChI is InChI=1S/C18H21ClN2O4S/c19-13-5-7-14(8-6-13)26(24,25)10-9-20-17(22)16-11-12-3-1-2-4-15(12)21(16)18(20)23/h5-8,12,15-16H,1-4,9-11H2/t12-,15-,16-/m0/s1. The first kappa shape index (κ1) is 17.8. The summed E-state index contributed by atoms with van der Waals surface area (Å²) in [4.78, 5) is 28.5. The molecule has 0 aromatic heterocycles. The van der Waals surface area contributed by atoms with Gasteiger partial charge in [-0.1, -0.05) is 24.4 Å². The van der Waals surface area contributed by atoms with Crippen molar-refractivity contribution in [3.63, 3.8) is 0 Å². The van der Waals surface area contributed by atoms with Gasteiger partial charge in [-0.2, -0.15) is 0 Å². The van der Waals surface area contributed by atoms with E-state index in [1.165, 1.54) is 24.3 Å². The quantitative estimate of drug-likeness (QED) is 0.733. The minimum absolute atomic E-state index is 0.104. The predicted octanol–water partition coefficient (Wildman–Crippen LogP) is 2.71. The molecule has 0 unspecified atom stereocenters. The van der Waals surface area contributed by atoms with Gasteiger partial charge in [0.1, 0.15) is 6.04 Å². The van der Waals surface area contributed by atoms with Crippen molar-refractivity contribution in [3.8, 4) is 0 Å². The van der Waals surface area contributed by atoms with E-state index in [4.69, 9.17) is 11.6 Å². The van der Waals surface area contributed by atoms with Crippen molar-refractivity contribution >= 4 is 33.4 Å². The Morgan fingerprint density at radius 2 is 1.77 bits per heavy atom. The molecular formula is C18H21ClN2O4S. The molecule has 3 aliphatic rings. The molecule has 6 nitrogen and oxygen atoms in total. The van der Waals surface area contributed by atoms with Gasteiger partial charge in [-0.05, 0) is 49.4 Å². The van der Waals surface area contributed by atoms with Crippen LogP contribution in [0.25, 0.3) is 0 Å². The van der Waals surface area contributed by atoms with Crippen molar-refractivity contribution in [2.24, 2.45) is 5.92 Å². The number of rotatable bonds is 4. The highest BCUT2D eigenvalue weighted by molar-refractivity contribution is 7.91. The van der Waals surface area contributed by atoms with E-state index in [-0.39, 0.29) is 35.2 Å². The zero-order valence-electron chi connectivity index (χ0n) is 14.3. The normalized spacial score (nSPS) is 28.4. The zero-order valence-corrected chi connectivity index (χ0v) is 15.9. The second kappa shape index (κ2) is 6.53. The minimum Gasteiger partial charge on any atom is -0.309 e. The van der Waals surface area contributed by atoms with Gasteiger partial charge in [-0.25, -0.2) is 13.2 Å². The van der Waals surface area contributed by atoms with Gasteiger partial charge in [0, 0.05) is 17.6 Å². The molecule has 3 fully saturated rings. The van der Waals surface area contributed by atoms with Crippen LogP contribution in [0.3, 0.4) is 0 Å². The molecule has 0 radical (unpaired) electrons. The highest BCUT2D eigenvalue weighted by Gasteiger charge is 2.55. The van der Waals surface area contributed by atoms with Gasteiger partial charge in [0.05, 0.1) is 10.6 Å². The number of halogens is 1. The largest absolute Gasteiger partial charge is 0.327 e. The second-order valence-corrected chi connectivity index (χ2v) is 9.86. The summed E-state index contributed by atoms with van der Waals surface area (Å²) >= 11 is 5.79. The molecule has 2 saturated heterocycles. The van der Waals surface area contributed by atoms with Crippen LogP contribution in [0.2, 0.25) is 5.02 Å². The van der Waals surface area contributed by atoms with Gasteiger partial charge < -0.3 is 4.90 Å². The zero-order chi connectivity index (χ0) is 18.5. The molecule has 0 bridgehead atoms. The number of hydrogen-bond acceptors (Lipinski definition) is 4. The Hall–Kier alpha value is -1.60. The number of benzene rings is 1. The molecule has 26 heavy (non-hydrogen) atoms. The fourth-order valence-electron chi connectivity index (χ4n) is 4.55. The SMILES string of the molecule is O=C1[C@@H]2C[C@@H]3CCCC[C@@H]3N2C(=O)N1CCS(=O)(=O)c1ccc(Cl)cc1. The summed E-state index contributed by atoms with van der Waals surface area (Å²) in [5.41, 5.74) is 0. The number of urea groups is 1. The Morgan fingerprint density at radius 3 is 2.50 bits per heavy atom. The Balaban J connectivity index is 1.47. The first-order valence-corrected chi connectivity index (χ1v) is 11.0. The molecule has 2 heterocycles. The van der Waals surface area contributed by atoms with Crippen LogP contribution in [0.5, 0.6) is 0 Å².